The first-order valence-electron chi connectivity index (χ1n) is 11.9. The normalized spacial score (nSPS) is 11.2. The molecule has 0 spiro atoms. The van der Waals surface area contributed by atoms with Crippen LogP contribution < -0.4 is 9.04 Å². The largest absolute Gasteiger partial charge is 0.494 e. The molecule has 5 nitrogen and oxygen atoms in total. The number of hydrogen-bond donors (Lipinski definition) is 0. The average molecular weight is 480 g/mol. The summed E-state index contributed by atoms with van der Waals surface area (Å²) < 4.78 is 33.5. The minimum absolute atomic E-state index is 0.0523. The van der Waals surface area contributed by atoms with E-state index in [4.69, 9.17) is 4.74 Å². The summed E-state index contributed by atoms with van der Waals surface area (Å²) in [5.74, 6) is 0.260. The van der Waals surface area contributed by atoms with Gasteiger partial charge in [0.1, 0.15) is 5.75 Å². The Bertz CT molecular complexity index is 1140. The van der Waals surface area contributed by atoms with Gasteiger partial charge in [-0.15, -0.1) is 0 Å². The fraction of sp³-hybridized carbons (Fsp3) is 0.321. The van der Waals surface area contributed by atoms with Gasteiger partial charge < -0.3 is 4.74 Å². The van der Waals surface area contributed by atoms with E-state index in [1.54, 1.807) is 30.3 Å². The highest BCUT2D eigenvalue weighted by Gasteiger charge is 2.30. The van der Waals surface area contributed by atoms with Crippen molar-refractivity contribution in [2.24, 2.45) is 0 Å². The van der Waals surface area contributed by atoms with Crippen molar-refractivity contribution in [3.8, 4) is 5.75 Å². The Morgan fingerprint density at radius 1 is 0.824 bits per heavy atom. The molecular formula is C28H33NO4S. The lowest BCUT2D eigenvalue weighted by Gasteiger charge is -2.23. The predicted octanol–water partition coefficient (Wildman–Crippen LogP) is 6.17. The minimum Gasteiger partial charge on any atom is -0.494 e. The van der Waals surface area contributed by atoms with Crippen LogP contribution in [0.4, 0.5) is 5.69 Å². The van der Waals surface area contributed by atoms with Gasteiger partial charge in [0.2, 0.25) is 5.91 Å². The molecule has 0 saturated carbocycles. The van der Waals surface area contributed by atoms with Crippen LogP contribution >= 0.6 is 0 Å². The number of ether oxygens (including phenoxy) is 1. The van der Waals surface area contributed by atoms with Gasteiger partial charge in [-0.25, -0.2) is 12.7 Å². The quantitative estimate of drug-likeness (QED) is 0.291. The third-order valence-electron chi connectivity index (χ3n) is 5.63. The van der Waals surface area contributed by atoms with Crippen molar-refractivity contribution in [2.75, 3.05) is 10.9 Å². The van der Waals surface area contributed by atoms with E-state index < -0.39 is 15.9 Å². The average Bonchev–Trinajstić information content (AvgIpc) is 2.87. The second-order valence-corrected chi connectivity index (χ2v) is 9.98. The fourth-order valence-electron chi connectivity index (χ4n) is 3.63. The van der Waals surface area contributed by atoms with Crippen LogP contribution in [0.2, 0.25) is 0 Å². The van der Waals surface area contributed by atoms with Gasteiger partial charge in [0.25, 0.3) is 10.0 Å². The number of unbranched alkanes of at least 4 members (excludes halogenated alkanes) is 1. The lowest BCUT2D eigenvalue weighted by molar-refractivity contribution is -0.117. The number of amides is 1. The van der Waals surface area contributed by atoms with Crippen LogP contribution in [0.15, 0.2) is 83.8 Å². The van der Waals surface area contributed by atoms with E-state index in [1.807, 2.05) is 36.4 Å². The van der Waals surface area contributed by atoms with Crippen molar-refractivity contribution < 1.29 is 17.9 Å². The zero-order valence-corrected chi connectivity index (χ0v) is 20.8. The highest BCUT2D eigenvalue weighted by molar-refractivity contribution is 7.93. The van der Waals surface area contributed by atoms with Crippen LogP contribution in [-0.2, 0) is 27.7 Å². The molecule has 0 radical (unpaired) electrons. The Kier molecular flexibility index (Phi) is 9.28. The van der Waals surface area contributed by atoms with Crippen molar-refractivity contribution in [3.63, 3.8) is 0 Å². The van der Waals surface area contributed by atoms with Crippen molar-refractivity contribution in [3.05, 3.63) is 90.0 Å². The van der Waals surface area contributed by atoms with Crippen molar-refractivity contribution >= 4 is 21.6 Å². The molecule has 180 valence electrons. The number of hydrogen-bond acceptors (Lipinski definition) is 4. The molecule has 0 heterocycles. The lowest BCUT2D eigenvalue weighted by atomic mass is 10.1. The van der Waals surface area contributed by atoms with Gasteiger partial charge in [-0.2, -0.15) is 0 Å². The van der Waals surface area contributed by atoms with Gasteiger partial charge >= 0.3 is 0 Å². The van der Waals surface area contributed by atoms with Gasteiger partial charge in [-0.1, -0.05) is 62.7 Å². The number of aryl methyl sites for hydroxylation is 2. The number of nitrogens with zero attached hydrogens (tertiary/aromatic N) is 1. The van der Waals surface area contributed by atoms with Crippen LogP contribution in [0.25, 0.3) is 0 Å². The Morgan fingerprint density at radius 3 is 2.09 bits per heavy atom. The Hall–Kier alpha value is -3.12. The van der Waals surface area contributed by atoms with Crippen LogP contribution in [0, 0.1) is 0 Å². The molecule has 0 bridgehead atoms. The van der Waals surface area contributed by atoms with Gasteiger partial charge in [0, 0.05) is 6.42 Å². The standard InChI is InChI=1S/C28H33NO4S/c1-3-5-10-24-14-18-25(19-15-24)29(34(31,32)27-11-7-6-8-12-27)28(30)13-9-22-33-26-20-16-23(4-2)17-21-26/h6-8,11-12,14-21H,3-5,9-10,13,22H2,1-2H3. The smallest absolute Gasteiger partial charge is 0.270 e. The molecule has 0 aromatic heterocycles. The summed E-state index contributed by atoms with van der Waals surface area (Å²) in [6.07, 6.45) is 4.48. The summed E-state index contributed by atoms with van der Waals surface area (Å²) >= 11 is 0. The van der Waals surface area contributed by atoms with Crippen LogP contribution in [0.5, 0.6) is 5.75 Å². The third kappa shape index (κ3) is 6.70. The number of rotatable bonds is 12. The molecule has 3 aromatic carbocycles. The first kappa shape index (κ1) is 25.5. The van der Waals surface area contributed by atoms with Crippen molar-refractivity contribution in [1.82, 2.24) is 0 Å². The van der Waals surface area contributed by atoms with Gasteiger partial charge in [-0.3, -0.25) is 4.79 Å². The number of benzene rings is 3. The molecule has 0 aliphatic rings. The summed E-state index contributed by atoms with van der Waals surface area (Å²) in [4.78, 5) is 13.3. The zero-order chi connectivity index (χ0) is 24.4. The summed E-state index contributed by atoms with van der Waals surface area (Å²) in [5.41, 5.74) is 2.70. The summed E-state index contributed by atoms with van der Waals surface area (Å²) in [7, 11) is -4.04. The van der Waals surface area contributed by atoms with E-state index in [2.05, 4.69) is 13.8 Å². The van der Waals surface area contributed by atoms with E-state index in [0.717, 1.165) is 41.3 Å². The van der Waals surface area contributed by atoms with Gasteiger partial charge in [0.15, 0.2) is 0 Å². The molecule has 0 unspecified atom stereocenters. The first-order valence-corrected chi connectivity index (χ1v) is 13.3. The van der Waals surface area contributed by atoms with Crippen LogP contribution in [0.1, 0.15) is 50.7 Å². The van der Waals surface area contributed by atoms with Gasteiger partial charge in [-0.05, 0) is 73.2 Å². The number of carbonyl (C=O) groups excluding carboxylic acids is 1. The summed E-state index contributed by atoms with van der Waals surface area (Å²) in [6, 6.07) is 23.1. The first-order chi connectivity index (χ1) is 16.5. The molecule has 3 aromatic rings. The van der Waals surface area contributed by atoms with E-state index >= 15 is 0 Å². The molecule has 34 heavy (non-hydrogen) atoms. The van der Waals surface area contributed by atoms with E-state index in [-0.39, 0.29) is 11.3 Å². The maximum Gasteiger partial charge on any atom is 0.270 e. The predicted molar refractivity (Wildman–Crippen MR) is 137 cm³/mol. The monoisotopic (exact) mass is 479 g/mol. The van der Waals surface area contributed by atoms with Crippen molar-refractivity contribution in [1.29, 1.82) is 0 Å². The maximum absolute atomic E-state index is 13.4. The second kappa shape index (κ2) is 12.4. The summed E-state index contributed by atoms with van der Waals surface area (Å²) in [5, 5.41) is 0. The Balaban J connectivity index is 1.74. The molecular weight excluding hydrogens is 446 g/mol. The lowest BCUT2D eigenvalue weighted by Crippen LogP contribution is -2.37. The van der Waals surface area contributed by atoms with E-state index in [1.165, 1.54) is 17.7 Å². The number of sulfonamides is 1. The Morgan fingerprint density at radius 2 is 1.47 bits per heavy atom. The SMILES string of the molecule is CCCCc1ccc(N(C(=O)CCCOc2ccc(CC)cc2)S(=O)(=O)c2ccccc2)cc1. The molecule has 0 aliphatic heterocycles. The molecule has 6 heteroatoms. The highest BCUT2D eigenvalue weighted by Crippen LogP contribution is 2.26. The van der Waals surface area contributed by atoms with Crippen molar-refractivity contribution in [2.45, 2.75) is 57.3 Å². The number of anilines is 1. The molecule has 0 N–H and O–H groups in total. The fourth-order valence-corrected chi connectivity index (χ4v) is 5.10. The third-order valence-corrected chi connectivity index (χ3v) is 7.40. The maximum atomic E-state index is 13.4. The van der Waals surface area contributed by atoms with E-state index in [9.17, 15) is 13.2 Å². The highest BCUT2D eigenvalue weighted by atomic mass is 32.2. The van der Waals surface area contributed by atoms with Crippen LogP contribution in [-0.4, -0.2) is 20.9 Å². The molecule has 0 atom stereocenters. The summed E-state index contributed by atoms with van der Waals surface area (Å²) in [6.45, 7) is 4.55. The molecule has 1 amide bonds. The molecule has 0 saturated heterocycles. The second-order valence-electron chi connectivity index (χ2n) is 8.20. The number of carbonyl (C=O) groups is 1. The van der Waals surface area contributed by atoms with E-state index in [0.29, 0.717) is 18.7 Å². The topological polar surface area (TPSA) is 63.7 Å². The Labute approximate surface area is 203 Å². The zero-order valence-electron chi connectivity index (χ0n) is 19.9. The molecule has 0 fully saturated rings. The molecule has 3 rings (SSSR count). The minimum atomic E-state index is -4.04. The molecule has 0 aliphatic carbocycles. The van der Waals surface area contributed by atoms with Gasteiger partial charge in [0.05, 0.1) is 17.2 Å². The van der Waals surface area contributed by atoms with Crippen LogP contribution in [0.3, 0.4) is 0 Å².